The fraction of sp³-hybridized carbons (Fsp3) is 0.213. The number of carboxylic acids is 3. The zero-order valence-corrected chi connectivity index (χ0v) is 48.4. The Bertz CT molecular complexity index is 3490. The van der Waals surface area contributed by atoms with E-state index in [4.69, 9.17) is 0 Å². The summed E-state index contributed by atoms with van der Waals surface area (Å²) < 4.78 is 2.48. The zero-order chi connectivity index (χ0) is 58.2. The van der Waals surface area contributed by atoms with E-state index in [0.29, 0.717) is 33.8 Å². The highest BCUT2D eigenvalue weighted by Crippen LogP contribution is 2.36. The molecule has 0 spiro atoms. The molecule has 0 aliphatic rings. The van der Waals surface area contributed by atoms with Crippen LogP contribution >= 0.6 is 47.8 Å². The van der Waals surface area contributed by atoms with Gasteiger partial charge in [-0.15, -0.1) is 0 Å². The van der Waals surface area contributed by atoms with Gasteiger partial charge in [0.2, 0.25) is 23.3 Å². The van der Waals surface area contributed by atoms with Crippen LogP contribution < -0.4 is 16.0 Å². The van der Waals surface area contributed by atoms with Gasteiger partial charge in [0.15, 0.2) is 0 Å². The molecule has 0 aliphatic heterocycles. The number of para-hydroxylation sites is 3. The Hall–Kier alpha value is -8.40. The van der Waals surface area contributed by atoms with Crippen LogP contribution in [0.25, 0.3) is 66.5 Å². The van der Waals surface area contributed by atoms with E-state index >= 15 is 0 Å². The normalized spacial score (nSPS) is 13.3. The average Bonchev–Trinajstić information content (AvgIpc) is 4.36. The van der Waals surface area contributed by atoms with Gasteiger partial charge in [-0.05, 0) is 88.0 Å². The molecule has 9 rings (SSSR count). The molecule has 420 valence electrons. The lowest BCUT2D eigenvalue weighted by atomic mass is 9.83. The summed E-state index contributed by atoms with van der Waals surface area (Å²) in [7, 11) is 0. The molecule has 9 aromatic rings. The number of benzene rings is 6. The van der Waals surface area contributed by atoms with Crippen molar-refractivity contribution in [3.63, 3.8) is 0 Å². The van der Waals surface area contributed by atoms with Crippen molar-refractivity contribution in [2.24, 2.45) is 0 Å². The van der Waals surface area contributed by atoms with Crippen LogP contribution in [-0.2, 0) is 48.0 Å². The van der Waals surface area contributed by atoms with Gasteiger partial charge in [0.25, 0.3) is 0 Å². The Morgan fingerprint density at radius 2 is 0.695 bits per heavy atom. The summed E-state index contributed by atoms with van der Waals surface area (Å²) >= 11 is 10.3. The van der Waals surface area contributed by atoms with Crippen molar-refractivity contribution < 1.29 is 49.0 Å². The molecule has 6 aromatic carbocycles. The van der Waals surface area contributed by atoms with Gasteiger partial charge >= 0.3 is 17.9 Å². The van der Waals surface area contributed by atoms with E-state index in [1.54, 1.807) is 18.2 Å². The topological polar surface area (TPSA) is 290 Å². The van der Waals surface area contributed by atoms with Crippen LogP contribution in [0.4, 0.5) is 0 Å². The maximum absolute atomic E-state index is 14.0. The minimum atomic E-state index is -2.23. The van der Waals surface area contributed by atoms with E-state index in [9.17, 15) is 54.2 Å². The minimum Gasteiger partial charge on any atom is -0.480 e. The van der Waals surface area contributed by atoms with Gasteiger partial charge in [-0.25, -0.2) is 14.4 Å². The molecule has 0 saturated carbocycles. The molecule has 21 heteroatoms. The summed E-state index contributed by atoms with van der Waals surface area (Å²) in [6, 6.07) is 39.5. The van der Waals surface area contributed by atoms with Gasteiger partial charge in [-0.2, -0.15) is 0 Å². The summed E-state index contributed by atoms with van der Waals surface area (Å²) in [5.41, 5.74) is 5.91. The lowest BCUT2D eigenvalue weighted by molar-refractivity contribution is -0.573. The monoisotopic (exact) mass is 1300 g/mol. The number of fused-ring (bicyclic) bond motifs is 3. The Morgan fingerprint density at radius 1 is 0.439 bits per heavy atom. The summed E-state index contributed by atoms with van der Waals surface area (Å²) in [5.74, 6) is -6.71. The Kier molecular flexibility index (Phi) is 18.2. The largest absolute Gasteiger partial charge is 0.480 e. The molecule has 3 aromatic heterocycles. The van der Waals surface area contributed by atoms with Gasteiger partial charge < -0.3 is 46.2 Å². The van der Waals surface area contributed by atoms with Crippen LogP contribution in [-0.4, -0.2) is 94.5 Å². The molecular weight excluding hydrogens is 1250 g/mol. The van der Waals surface area contributed by atoms with Crippen LogP contribution in [0.2, 0.25) is 0 Å². The number of halogens is 3. The maximum Gasteiger partial charge on any atom is 0.326 e. The second kappa shape index (κ2) is 25.6. The van der Waals surface area contributed by atoms with E-state index in [1.807, 2.05) is 127 Å². The first-order valence-corrected chi connectivity index (χ1v) is 28.5. The van der Waals surface area contributed by atoms with Crippen LogP contribution in [0.15, 0.2) is 159 Å². The SMILES string of the molecule is O=C(CCC(CCC(=O)NC(Cc1c(-c2ccc(Br)cc2)[nH]c2ccccc12)C(=O)O)(CCC(=O)NC(Cc1c(-c2ccc(Br)cc2)[nH]c2ccccc12)C(=O)O)[N+](=O)[O-])NC(Cc1c(-c2ccc(Br)cc2)[nH]c2ccccc12)C(=O)O. The highest BCUT2D eigenvalue weighted by atomic mass is 79.9. The van der Waals surface area contributed by atoms with Crippen molar-refractivity contribution >= 4 is 116 Å². The molecule has 3 atom stereocenters. The summed E-state index contributed by atoms with van der Waals surface area (Å²) in [6.45, 7) is 0. The molecule has 0 bridgehead atoms. The third-order valence-corrected chi connectivity index (χ3v) is 16.4. The van der Waals surface area contributed by atoms with Crippen molar-refractivity contribution in [3.8, 4) is 33.8 Å². The first kappa shape index (κ1) is 58.3. The fourth-order valence-corrected chi connectivity index (χ4v) is 11.3. The van der Waals surface area contributed by atoms with E-state index in [2.05, 4.69) is 78.7 Å². The third-order valence-electron chi connectivity index (χ3n) is 14.8. The maximum atomic E-state index is 14.0. The van der Waals surface area contributed by atoms with Crippen LogP contribution in [0.1, 0.15) is 55.2 Å². The number of nitro groups is 1. The quantitative estimate of drug-likeness (QED) is 0.0191. The second-order valence-electron chi connectivity index (χ2n) is 20.1. The van der Waals surface area contributed by atoms with E-state index < -0.39 is 103 Å². The number of aromatic nitrogens is 3. The fourth-order valence-electron chi connectivity index (χ4n) is 10.5. The predicted octanol–water partition coefficient (Wildman–Crippen LogP) is 11.5. The molecule has 0 saturated heterocycles. The molecule has 3 heterocycles. The number of hydrogen-bond acceptors (Lipinski definition) is 8. The molecule has 0 radical (unpaired) electrons. The first-order chi connectivity index (χ1) is 39.4. The van der Waals surface area contributed by atoms with Crippen molar-refractivity contribution in [1.29, 1.82) is 0 Å². The number of aliphatic carboxylic acids is 3. The lowest BCUT2D eigenvalue weighted by Crippen LogP contribution is -2.47. The summed E-state index contributed by atoms with van der Waals surface area (Å²) in [4.78, 5) is 104. The smallest absolute Gasteiger partial charge is 0.326 e. The van der Waals surface area contributed by atoms with E-state index in [1.165, 1.54) is 0 Å². The molecule has 3 amide bonds. The first-order valence-electron chi connectivity index (χ1n) is 26.1. The van der Waals surface area contributed by atoms with Crippen molar-refractivity contribution in [1.82, 2.24) is 30.9 Å². The van der Waals surface area contributed by atoms with Crippen LogP contribution in [0, 0.1) is 10.1 Å². The molecule has 0 fully saturated rings. The predicted molar refractivity (Wildman–Crippen MR) is 322 cm³/mol. The zero-order valence-electron chi connectivity index (χ0n) is 43.6. The molecule has 0 aliphatic carbocycles. The van der Waals surface area contributed by atoms with Gasteiger partial charge in [0.1, 0.15) is 18.1 Å². The Labute approximate surface area is 494 Å². The van der Waals surface area contributed by atoms with E-state index in [-0.39, 0.29) is 19.3 Å². The molecule has 18 nitrogen and oxygen atoms in total. The number of nitrogens with zero attached hydrogens (tertiary/aromatic N) is 1. The standard InChI is InChI=1S/C61H54Br3N7O11/c62-37-19-13-34(14-20-37)55-43(40-7-1-4-10-46(40)68-55)31-49(58(75)76)65-52(72)25-28-61(71(81)82,29-26-53(73)66-50(59(77)78)32-44-41-8-2-5-11-47(41)69-56(44)35-15-21-38(63)22-16-35)30-27-54(74)67-51(60(79)80)33-45-42-9-3-6-12-48(42)70-57(45)36-17-23-39(64)24-18-36/h1-24,49-51,68-70H,25-33H2,(H,65,72)(H,66,73)(H,67,74)(H,75,76)(H,77,78)(H,79,80). The highest BCUT2D eigenvalue weighted by molar-refractivity contribution is 9.11. The minimum absolute atomic E-state index is 0.182. The number of rotatable bonds is 25. The number of H-pyrrole nitrogens is 3. The number of aromatic amines is 3. The van der Waals surface area contributed by atoms with E-state index in [0.717, 1.165) is 62.8 Å². The van der Waals surface area contributed by atoms with Gasteiger partial charge in [0, 0.05) is 126 Å². The number of carboxylic acid groups (broad SMARTS) is 3. The average molecular weight is 1300 g/mol. The molecule has 9 N–H and O–H groups in total. The summed E-state index contributed by atoms with van der Waals surface area (Å²) in [6.07, 6.45) is -4.23. The van der Waals surface area contributed by atoms with Crippen molar-refractivity contribution in [3.05, 3.63) is 186 Å². The number of carbonyl (C=O) groups excluding carboxylic acids is 3. The molecule has 82 heavy (non-hydrogen) atoms. The van der Waals surface area contributed by atoms with Crippen LogP contribution in [0.5, 0.6) is 0 Å². The number of amides is 3. The van der Waals surface area contributed by atoms with Crippen LogP contribution in [0.3, 0.4) is 0 Å². The summed E-state index contributed by atoms with van der Waals surface area (Å²) in [5, 5.41) is 55.0. The van der Waals surface area contributed by atoms with Gasteiger partial charge in [-0.1, -0.05) is 139 Å². The van der Waals surface area contributed by atoms with Crippen molar-refractivity contribution in [2.45, 2.75) is 81.5 Å². The number of carbonyl (C=O) groups is 6. The Balaban J connectivity index is 0.957. The second-order valence-corrected chi connectivity index (χ2v) is 22.8. The van der Waals surface area contributed by atoms with Gasteiger partial charge in [-0.3, -0.25) is 24.5 Å². The number of nitrogens with one attached hydrogen (secondary N) is 6. The highest BCUT2D eigenvalue weighted by Gasteiger charge is 2.44. The third kappa shape index (κ3) is 13.5. The molecular formula is C61H54Br3N7O11. The molecule has 3 unspecified atom stereocenters. The number of hydrogen-bond donors (Lipinski definition) is 9. The van der Waals surface area contributed by atoms with Gasteiger partial charge in [0.05, 0.1) is 0 Å². The Morgan fingerprint density at radius 3 is 0.939 bits per heavy atom. The van der Waals surface area contributed by atoms with Crippen molar-refractivity contribution in [2.75, 3.05) is 0 Å². The lowest BCUT2D eigenvalue weighted by Gasteiger charge is -2.26.